The summed E-state index contributed by atoms with van der Waals surface area (Å²) in [6, 6.07) is 4.71. The third kappa shape index (κ3) is 1.45. The van der Waals surface area contributed by atoms with Gasteiger partial charge in [-0.15, -0.1) is 0 Å². The second kappa shape index (κ2) is 3.66. The van der Waals surface area contributed by atoms with Gasteiger partial charge in [-0.2, -0.15) is 10.2 Å². The Morgan fingerprint density at radius 1 is 1.44 bits per heavy atom. The quantitative estimate of drug-likeness (QED) is 0.549. The standard InChI is InChI=1S/C11H9N5O2/c1-15-10-3-2-8(16(17)18)4-9(10)11(14-15)7-5-12-13-6-7/h2-6H,1H3,(H,12,13). The van der Waals surface area contributed by atoms with Crippen LogP contribution in [0.3, 0.4) is 0 Å². The van der Waals surface area contributed by atoms with Crippen molar-refractivity contribution < 1.29 is 4.92 Å². The maximum absolute atomic E-state index is 10.8. The van der Waals surface area contributed by atoms with Gasteiger partial charge < -0.3 is 0 Å². The summed E-state index contributed by atoms with van der Waals surface area (Å²) < 4.78 is 1.70. The summed E-state index contributed by atoms with van der Waals surface area (Å²) in [6.45, 7) is 0. The highest BCUT2D eigenvalue weighted by atomic mass is 16.6. The SMILES string of the molecule is Cn1nc(-c2cn[nH]c2)c2cc([N+](=O)[O-])ccc21. The molecule has 0 bridgehead atoms. The van der Waals surface area contributed by atoms with E-state index in [-0.39, 0.29) is 5.69 Å². The first-order chi connectivity index (χ1) is 8.66. The number of nitrogens with zero attached hydrogens (tertiary/aromatic N) is 4. The second-order valence-electron chi connectivity index (χ2n) is 3.92. The molecule has 0 aliphatic rings. The van der Waals surface area contributed by atoms with Gasteiger partial charge in [0.2, 0.25) is 0 Å². The van der Waals surface area contributed by atoms with Crippen LogP contribution < -0.4 is 0 Å². The molecule has 0 unspecified atom stereocenters. The first-order valence-corrected chi connectivity index (χ1v) is 5.27. The molecule has 3 aromatic rings. The molecule has 18 heavy (non-hydrogen) atoms. The minimum atomic E-state index is -0.411. The fraction of sp³-hybridized carbons (Fsp3) is 0.0909. The van der Waals surface area contributed by atoms with Crippen LogP contribution >= 0.6 is 0 Å². The molecule has 2 aromatic heterocycles. The van der Waals surface area contributed by atoms with Gasteiger partial charge in [0, 0.05) is 36.3 Å². The van der Waals surface area contributed by atoms with Crippen molar-refractivity contribution in [2.45, 2.75) is 0 Å². The van der Waals surface area contributed by atoms with Crippen LogP contribution in [0.15, 0.2) is 30.6 Å². The lowest BCUT2D eigenvalue weighted by Crippen LogP contribution is -1.90. The van der Waals surface area contributed by atoms with Gasteiger partial charge >= 0.3 is 0 Å². The molecule has 0 fully saturated rings. The number of benzene rings is 1. The number of aromatic amines is 1. The second-order valence-corrected chi connectivity index (χ2v) is 3.92. The van der Waals surface area contributed by atoms with Crippen molar-refractivity contribution in [3.8, 4) is 11.3 Å². The highest BCUT2D eigenvalue weighted by molar-refractivity contribution is 5.94. The van der Waals surface area contributed by atoms with E-state index >= 15 is 0 Å². The van der Waals surface area contributed by atoms with Gasteiger partial charge in [-0.3, -0.25) is 19.9 Å². The number of nitrogens with one attached hydrogen (secondary N) is 1. The predicted molar refractivity (Wildman–Crippen MR) is 65.0 cm³/mol. The third-order valence-electron chi connectivity index (χ3n) is 2.82. The van der Waals surface area contributed by atoms with Crippen molar-refractivity contribution in [2.75, 3.05) is 0 Å². The Kier molecular flexibility index (Phi) is 2.12. The van der Waals surface area contributed by atoms with Gasteiger partial charge in [-0.05, 0) is 6.07 Å². The molecule has 1 N–H and O–H groups in total. The molecule has 0 spiro atoms. The minimum Gasteiger partial charge on any atom is -0.285 e. The van der Waals surface area contributed by atoms with Crippen LogP contribution in [0.1, 0.15) is 0 Å². The minimum absolute atomic E-state index is 0.0558. The first kappa shape index (κ1) is 10.5. The number of hydrogen-bond acceptors (Lipinski definition) is 4. The van der Waals surface area contributed by atoms with E-state index in [9.17, 15) is 10.1 Å². The number of nitro groups is 1. The topological polar surface area (TPSA) is 89.6 Å². The molecular formula is C11H9N5O2. The van der Waals surface area contributed by atoms with Crippen LogP contribution in [0.2, 0.25) is 0 Å². The number of nitro benzene ring substituents is 1. The zero-order valence-corrected chi connectivity index (χ0v) is 9.49. The van der Waals surface area contributed by atoms with Crippen molar-refractivity contribution >= 4 is 16.6 Å². The normalized spacial score (nSPS) is 10.9. The summed E-state index contributed by atoms with van der Waals surface area (Å²) in [6.07, 6.45) is 3.35. The summed E-state index contributed by atoms with van der Waals surface area (Å²) in [7, 11) is 1.80. The van der Waals surface area contributed by atoms with Gasteiger partial charge in [-0.25, -0.2) is 0 Å². The number of H-pyrrole nitrogens is 1. The molecule has 0 saturated carbocycles. The lowest BCUT2D eigenvalue weighted by molar-refractivity contribution is -0.384. The summed E-state index contributed by atoms with van der Waals surface area (Å²) >= 11 is 0. The van der Waals surface area contributed by atoms with Crippen LogP contribution in [0, 0.1) is 10.1 Å². The molecule has 7 heteroatoms. The first-order valence-electron chi connectivity index (χ1n) is 5.27. The molecule has 90 valence electrons. The summed E-state index contributed by atoms with van der Waals surface area (Å²) in [5.74, 6) is 0. The van der Waals surface area contributed by atoms with E-state index in [1.165, 1.54) is 12.1 Å². The maximum atomic E-state index is 10.8. The monoisotopic (exact) mass is 243 g/mol. The number of rotatable bonds is 2. The van der Waals surface area contributed by atoms with Crippen LogP contribution in [0.4, 0.5) is 5.69 Å². The number of aryl methyl sites for hydroxylation is 1. The van der Waals surface area contributed by atoms with Crippen LogP contribution in [-0.2, 0) is 7.05 Å². The molecule has 7 nitrogen and oxygen atoms in total. The third-order valence-corrected chi connectivity index (χ3v) is 2.82. The molecule has 0 amide bonds. The van der Waals surface area contributed by atoms with E-state index in [1.807, 2.05) is 0 Å². The fourth-order valence-corrected chi connectivity index (χ4v) is 1.96. The predicted octanol–water partition coefficient (Wildman–Crippen LogP) is 1.87. The lowest BCUT2D eigenvalue weighted by Gasteiger charge is -1.94. The molecule has 0 aliphatic heterocycles. The Bertz CT molecular complexity index is 729. The highest BCUT2D eigenvalue weighted by Gasteiger charge is 2.15. The van der Waals surface area contributed by atoms with Crippen molar-refractivity contribution in [3.05, 3.63) is 40.7 Å². The average Bonchev–Trinajstić information content (AvgIpc) is 2.97. The molecule has 0 radical (unpaired) electrons. The highest BCUT2D eigenvalue weighted by Crippen LogP contribution is 2.29. The van der Waals surface area contributed by atoms with Crippen molar-refractivity contribution in [1.29, 1.82) is 0 Å². The zero-order valence-electron chi connectivity index (χ0n) is 9.49. The maximum Gasteiger partial charge on any atom is 0.270 e. The number of non-ortho nitro benzene ring substituents is 1. The lowest BCUT2D eigenvalue weighted by atomic mass is 10.1. The molecule has 0 aliphatic carbocycles. The van der Waals surface area contributed by atoms with Crippen molar-refractivity contribution in [3.63, 3.8) is 0 Å². The summed E-state index contributed by atoms with van der Waals surface area (Å²) in [5.41, 5.74) is 2.39. The van der Waals surface area contributed by atoms with E-state index in [1.54, 1.807) is 30.2 Å². The zero-order chi connectivity index (χ0) is 12.7. The number of aromatic nitrogens is 4. The van der Waals surface area contributed by atoms with Gasteiger partial charge in [0.05, 0.1) is 16.6 Å². The van der Waals surface area contributed by atoms with Gasteiger partial charge in [0.1, 0.15) is 5.69 Å². The van der Waals surface area contributed by atoms with E-state index < -0.39 is 4.92 Å². The Morgan fingerprint density at radius 3 is 2.94 bits per heavy atom. The Labute approximate surface area is 101 Å². The average molecular weight is 243 g/mol. The number of hydrogen-bond donors (Lipinski definition) is 1. The molecule has 2 heterocycles. The largest absolute Gasteiger partial charge is 0.285 e. The van der Waals surface area contributed by atoms with Crippen molar-refractivity contribution in [1.82, 2.24) is 20.0 Å². The molecule has 3 rings (SSSR count). The fourth-order valence-electron chi connectivity index (χ4n) is 1.96. The Hall–Kier alpha value is -2.70. The molecular weight excluding hydrogens is 234 g/mol. The van der Waals surface area contributed by atoms with E-state index in [0.29, 0.717) is 5.69 Å². The van der Waals surface area contributed by atoms with E-state index in [2.05, 4.69) is 15.3 Å². The van der Waals surface area contributed by atoms with E-state index in [0.717, 1.165) is 16.5 Å². The Balaban J connectivity index is 2.32. The summed E-state index contributed by atoms with van der Waals surface area (Å²) in [4.78, 5) is 10.4. The smallest absolute Gasteiger partial charge is 0.270 e. The van der Waals surface area contributed by atoms with Crippen molar-refractivity contribution in [2.24, 2.45) is 7.05 Å². The molecule has 0 atom stereocenters. The van der Waals surface area contributed by atoms with Crippen LogP contribution in [0.5, 0.6) is 0 Å². The number of fused-ring (bicyclic) bond motifs is 1. The van der Waals surface area contributed by atoms with Gasteiger partial charge in [0.15, 0.2) is 0 Å². The Morgan fingerprint density at radius 2 is 2.28 bits per heavy atom. The van der Waals surface area contributed by atoms with Gasteiger partial charge in [-0.1, -0.05) is 0 Å². The summed E-state index contributed by atoms with van der Waals surface area (Å²) in [5, 5.41) is 22.5. The molecule has 1 aromatic carbocycles. The molecule has 0 saturated heterocycles. The van der Waals surface area contributed by atoms with Crippen LogP contribution in [0.25, 0.3) is 22.2 Å². The van der Waals surface area contributed by atoms with Crippen LogP contribution in [-0.4, -0.2) is 24.9 Å². The van der Waals surface area contributed by atoms with Gasteiger partial charge in [0.25, 0.3) is 5.69 Å². The van der Waals surface area contributed by atoms with E-state index in [4.69, 9.17) is 0 Å².